The summed E-state index contributed by atoms with van der Waals surface area (Å²) in [5.74, 6) is -0.793. The zero-order valence-corrected chi connectivity index (χ0v) is 23.7. The van der Waals surface area contributed by atoms with Crippen molar-refractivity contribution in [2.24, 2.45) is 0 Å². The van der Waals surface area contributed by atoms with E-state index in [1.807, 2.05) is 18.6 Å². The number of sulfonamides is 1. The highest BCUT2D eigenvalue weighted by atomic mass is 32.2. The summed E-state index contributed by atoms with van der Waals surface area (Å²) in [6, 6.07) is 5.05. The van der Waals surface area contributed by atoms with E-state index in [1.165, 1.54) is 18.3 Å². The molecule has 3 heterocycles. The summed E-state index contributed by atoms with van der Waals surface area (Å²) in [7, 11) is -0.0526. The van der Waals surface area contributed by atoms with Gasteiger partial charge in [-0.15, -0.1) is 0 Å². The second kappa shape index (κ2) is 11.7. The summed E-state index contributed by atoms with van der Waals surface area (Å²) in [5, 5.41) is 4.06. The van der Waals surface area contributed by atoms with E-state index >= 15 is 0 Å². The number of anilines is 2. The number of rotatable bonds is 9. The normalized spacial score (nSPS) is 18.4. The average molecular weight is 582 g/mol. The molecule has 0 radical (unpaired) electrons. The zero-order chi connectivity index (χ0) is 29.2. The van der Waals surface area contributed by atoms with Gasteiger partial charge < -0.3 is 10.2 Å². The largest absolute Gasteiger partial charge is 0.390 e. The first-order chi connectivity index (χ1) is 18.7. The summed E-state index contributed by atoms with van der Waals surface area (Å²) in [6.45, 7) is 3.75. The van der Waals surface area contributed by atoms with Crippen LogP contribution < -0.4 is 15.6 Å². The third-order valence-electron chi connectivity index (χ3n) is 7.04. The Hall–Kier alpha value is -3.26. The van der Waals surface area contributed by atoms with Gasteiger partial charge in [0.15, 0.2) is 0 Å². The molecule has 2 N–H and O–H groups in total. The van der Waals surface area contributed by atoms with Crippen LogP contribution in [-0.2, 0) is 10.0 Å². The molecular formula is C26H34F3N7O3S. The van der Waals surface area contributed by atoms with Gasteiger partial charge in [0.2, 0.25) is 16.0 Å². The Balaban J connectivity index is 1.57. The maximum Gasteiger partial charge on any atom is 0.390 e. The van der Waals surface area contributed by atoms with Gasteiger partial charge in [-0.2, -0.15) is 18.2 Å². The molecule has 0 saturated heterocycles. The van der Waals surface area contributed by atoms with Crippen molar-refractivity contribution >= 4 is 32.8 Å². The number of aromatic nitrogens is 4. The van der Waals surface area contributed by atoms with Crippen molar-refractivity contribution in [3.05, 3.63) is 40.9 Å². The first-order valence-electron chi connectivity index (χ1n) is 13.1. The van der Waals surface area contributed by atoms with Gasteiger partial charge >= 0.3 is 6.18 Å². The van der Waals surface area contributed by atoms with Crippen LogP contribution in [0.4, 0.5) is 24.9 Å². The molecule has 10 nitrogen and oxygen atoms in total. The van der Waals surface area contributed by atoms with Crippen LogP contribution in [0.25, 0.3) is 22.2 Å². The lowest BCUT2D eigenvalue weighted by molar-refractivity contribution is -0.129. The highest BCUT2D eigenvalue weighted by molar-refractivity contribution is 7.92. The highest BCUT2D eigenvalue weighted by Crippen LogP contribution is 2.26. The summed E-state index contributed by atoms with van der Waals surface area (Å²) in [4.78, 5) is 29.0. The lowest BCUT2D eigenvalue weighted by atomic mass is 9.91. The molecule has 0 bridgehead atoms. The first kappa shape index (κ1) is 29.7. The van der Waals surface area contributed by atoms with Crippen LogP contribution in [0.3, 0.4) is 0 Å². The number of nitrogens with zero attached hydrogens (tertiary/aromatic N) is 5. The van der Waals surface area contributed by atoms with Gasteiger partial charge in [-0.1, -0.05) is 0 Å². The molecule has 1 saturated carbocycles. The minimum atomic E-state index is -4.59. The SMILES string of the molecule is CC(C)n1c(=O)c(-c2ccc(NS(=O)(=O)CCC(F)(F)F)nc2)cc2cnc(N[C@H]3CC[C@H](N(C)C)CC3)nc21. The minimum Gasteiger partial charge on any atom is -0.351 e. The number of halogens is 3. The molecule has 1 aliphatic carbocycles. The standard InChI is InChI=1S/C26H34F3N7O3S/c1-16(2)36-23-18(15-31-25(33-23)32-19-6-8-20(9-7-19)35(3)4)13-21(24(36)37)17-5-10-22(30-14-17)34-40(38,39)12-11-26(27,28)29/h5,10,13-16,19-20H,6-9,11-12H2,1-4H3,(H,30,34)(H,31,32,33)/t19-,20-. The van der Waals surface area contributed by atoms with Crippen LogP contribution in [-0.4, -0.2) is 70.9 Å². The Labute approximate surface area is 231 Å². The number of hydrogen-bond acceptors (Lipinski definition) is 8. The second-order valence-electron chi connectivity index (χ2n) is 10.6. The highest BCUT2D eigenvalue weighted by Gasteiger charge is 2.30. The van der Waals surface area contributed by atoms with Crippen LogP contribution in [0.2, 0.25) is 0 Å². The van der Waals surface area contributed by atoms with Crippen LogP contribution in [0.15, 0.2) is 35.4 Å². The molecule has 0 aromatic carbocycles. The lowest BCUT2D eigenvalue weighted by Gasteiger charge is -2.33. The third kappa shape index (κ3) is 7.27. The fourth-order valence-corrected chi connectivity index (χ4v) is 5.91. The van der Waals surface area contributed by atoms with Gasteiger partial charge in [-0.3, -0.25) is 14.1 Å². The third-order valence-corrected chi connectivity index (χ3v) is 8.30. The number of fused-ring (bicyclic) bond motifs is 1. The van der Waals surface area contributed by atoms with Crippen molar-refractivity contribution in [1.82, 2.24) is 24.4 Å². The van der Waals surface area contributed by atoms with Gasteiger partial charge in [0.05, 0.1) is 12.2 Å². The van der Waals surface area contributed by atoms with Gasteiger partial charge in [0.25, 0.3) is 5.56 Å². The molecular weight excluding hydrogens is 547 g/mol. The Morgan fingerprint density at radius 2 is 1.80 bits per heavy atom. The molecule has 0 spiro atoms. The molecule has 14 heteroatoms. The predicted octanol–water partition coefficient (Wildman–Crippen LogP) is 4.41. The molecule has 3 aromatic heterocycles. The van der Waals surface area contributed by atoms with E-state index in [9.17, 15) is 26.4 Å². The van der Waals surface area contributed by atoms with Crippen molar-refractivity contribution in [2.45, 2.75) is 70.3 Å². The van der Waals surface area contributed by atoms with Crippen molar-refractivity contribution in [2.75, 3.05) is 29.9 Å². The predicted molar refractivity (Wildman–Crippen MR) is 149 cm³/mol. The summed E-state index contributed by atoms with van der Waals surface area (Å²) in [5.41, 5.74) is 0.912. The van der Waals surface area contributed by atoms with Crippen LogP contribution in [0.1, 0.15) is 52.0 Å². The smallest absolute Gasteiger partial charge is 0.351 e. The Morgan fingerprint density at radius 1 is 1.10 bits per heavy atom. The number of hydrogen-bond donors (Lipinski definition) is 2. The van der Waals surface area contributed by atoms with Crippen molar-refractivity contribution in [3.63, 3.8) is 0 Å². The fraction of sp³-hybridized carbons (Fsp3) is 0.538. The Kier molecular flexibility index (Phi) is 8.69. The number of alkyl halides is 3. The molecule has 0 amide bonds. The van der Waals surface area contributed by atoms with Gasteiger partial charge in [0, 0.05) is 47.0 Å². The molecule has 1 aliphatic rings. The van der Waals surface area contributed by atoms with E-state index in [-0.39, 0.29) is 23.5 Å². The molecule has 4 rings (SSSR count). The first-order valence-corrected chi connectivity index (χ1v) is 14.8. The second-order valence-corrected chi connectivity index (χ2v) is 12.5. The van der Waals surface area contributed by atoms with Crippen LogP contribution in [0.5, 0.6) is 0 Å². The molecule has 1 fully saturated rings. The molecule has 3 aromatic rings. The van der Waals surface area contributed by atoms with E-state index in [1.54, 1.807) is 16.8 Å². The van der Waals surface area contributed by atoms with E-state index in [2.05, 4.69) is 39.3 Å². The van der Waals surface area contributed by atoms with Gasteiger partial charge in [-0.25, -0.2) is 18.4 Å². The van der Waals surface area contributed by atoms with Crippen molar-refractivity contribution < 1.29 is 21.6 Å². The topological polar surface area (TPSA) is 122 Å². The van der Waals surface area contributed by atoms with E-state index < -0.39 is 28.4 Å². The monoisotopic (exact) mass is 581 g/mol. The molecule has 0 unspecified atom stereocenters. The Bertz CT molecular complexity index is 1500. The average Bonchev–Trinajstić information content (AvgIpc) is 2.87. The fourth-order valence-electron chi connectivity index (χ4n) is 4.87. The van der Waals surface area contributed by atoms with E-state index in [4.69, 9.17) is 0 Å². The van der Waals surface area contributed by atoms with E-state index in [0.717, 1.165) is 25.7 Å². The van der Waals surface area contributed by atoms with Crippen molar-refractivity contribution in [1.29, 1.82) is 0 Å². The summed E-state index contributed by atoms with van der Waals surface area (Å²) < 4.78 is 64.8. The molecule has 40 heavy (non-hydrogen) atoms. The summed E-state index contributed by atoms with van der Waals surface area (Å²) >= 11 is 0. The minimum absolute atomic E-state index is 0.144. The number of pyridine rings is 2. The summed E-state index contributed by atoms with van der Waals surface area (Å²) in [6.07, 6.45) is 1.07. The Morgan fingerprint density at radius 3 is 2.38 bits per heavy atom. The van der Waals surface area contributed by atoms with Gasteiger partial charge in [-0.05, 0) is 71.8 Å². The van der Waals surface area contributed by atoms with Crippen LogP contribution in [0, 0.1) is 0 Å². The van der Waals surface area contributed by atoms with Crippen LogP contribution >= 0.6 is 0 Å². The zero-order valence-electron chi connectivity index (χ0n) is 22.9. The lowest BCUT2D eigenvalue weighted by Crippen LogP contribution is -2.36. The van der Waals surface area contributed by atoms with E-state index in [0.29, 0.717) is 34.2 Å². The molecule has 0 aliphatic heterocycles. The van der Waals surface area contributed by atoms with Gasteiger partial charge in [0.1, 0.15) is 11.5 Å². The number of nitrogens with one attached hydrogen (secondary N) is 2. The van der Waals surface area contributed by atoms with Crippen molar-refractivity contribution in [3.8, 4) is 11.1 Å². The quantitative estimate of drug-likeness (QED) is 0.381. The molecule has 218 valence electrons. The molecule has 0 atom stereocenters. The maximum atomic E-state index is 13.6. The maximum absolute atomic E-state index is 13.6.